The number of rotatable bonds is 6. The van der Waals surface area contributed by atoms with E-state index in [0.29, 0.717) is 17.7 Å². The number of hydrogen-bond donors (Lipinski definition) is 1. The molecular formula is C20H28N4O2. The van der Waals surface area contributed by atoms with Crippen molar-refractivity contribution in [3.8, 4) is 17.0 Å². The smallest absolute Gasteiger partial charge is 0.271 e. The summed E-state index contributed by atoms with van der Waals surface area (Å²) >= 11 is 0. The summed E-state index contributed by atoms with van der Waals surface area (Å²) in [6.07, 6.45) is 2.29. The lowest BCUT2D eigenvalue weighted by atomic mass is 9.98. The number of benzene rings is 1. The molecule has 26 heavy (non-hydrogen) atoms. The van der Waals surface area contributed by atoms with Crippen molar-refractivity contribution in [3.05, 3.63) is 36.0 Å². The number of nitrogens with one attached hydrogen (secondary N) is 1. The van der Waals surface area contributed by atoms with Gasteiger partial charge in [0.2, 0.25) is 0 Å². The lowest BCUT2D eigenvalue weighted by Gasteiger charge is -2.24. The molecule has 0 spiro atoms. The number of carbonyl (C=O) groups excluding carboxylic acids is 1. The zero-order chi connectivity index (χ0) is 18.7. The highest BCUT2D eigenvalue weighted by Gasteiger charge is 2.36. The Morgan fingerprint density at radius 3 is 2.65 bits per heavy atom. The van der Waals surface area contributed by atoms with Crippen molar-refractivity contribution in [1.82, 2.24) is 20.0 Å². The van der Waals surface area contributed by atoms with Crippen molar-refractivity contribution in [2.24, 2.45) is 5.92 Å². The second kappa shape index (κ2) is 7.91. The second-order valence-electron chi connectivity index (χ2n) is 7.19. The van der Waals surface area contributed by atoms with Crippen LogP contribution in [0.3, 0.4) is 0 Å². The number of carbonyl (C=O) groups is 1. The van der Waals surface area contributed by atoms with Crippen LogP contribution in [0.25, 0.3) is 11.3 Å². The Hall–Kier alpha value is -2.34. The van der Waals surface area contributed by atoms with Gasteiger partial charge in [-0.15, -0.1) is 0 Å². The van der Waals surface area contributed by atoms with Crippen LogP contribution in [0.15, 0.2) is 30.3 Å². The number of aromatic amines is 1. The maximum Gasteiger partial charge on any atom is 0.271 e. The molecule has 1 saturated heterocycles. The first-order valence-electron chi connectivity index (χ1n) is 9.19. The van der Waals surface area contributed by atoms with Crippen molar-refractivity contribution in [1.29, 1.82) is 0 Å². The minimum absolute atomic E-state index is 0.0303. The van der Waals surface area contributed by atoms with Gasteiger partial charge in [-0.25, -0.2) is 0 Å². The van der Waals surface area contributed by atoms with E-state index >= 15 is 0 Å². The Morgan fingerprint density at radius 1 is 1.31 bits per heavy atom. The number of ether oxygens (including phenoxy) is 1. The van der Waals surface area contributed by atoms with Gasteiger partial charge in [0, 0.05) is 24.7 Å². The van der Waals surface area contributed by atoms with E-state index in [4.69, 9.17) is 4.74 Å². The molecule has 1 aromatic heterocycles. The van der Waals surface area contributed by atoms with Crippen LogP contribution in [0.5, 0.6) is 5.75 Å². The molecule has 2 heterocycles. The number of likely N-dealkylation sites (tertiary alicyclic amines) is 1. The molecule has 0 unspecified atom stereocenters. The largest absolute Gasteiger partial charge is 0.497 e. The Morgan fingerprint density at radius 2 is 2.04 bits per heavy atom. The summed E-state index contributed by atoms with van der Waals surface area (Å²) in [6, 6.07) is 9.92. The summed E-state index contributed by atoms with van der Waals surface area (Å²) in [6.45, 7) is 3.78. The maximum absolute atomic E-state index is 12.9. The van der Waals surface area contributed by atoms with Gasteiger partial charge in [0.25, 0.3) is 5.91 Å². The van der Waals surface area contributed by atoms with Crippen LogP contribution in [0.4, 0.5) is 0 Å². The summed E-state index contributed by atoms with van der Waals surface area (Å²) in [7, 11) is 5.84. The van der Waals surface area contributed by atoms with Gasteiger partial charge in [0.15, 0.2) is 0 Å². The predicted octanol–water partition coefficient (Wildman–Crippen LogP) is 2.89. The molecule has 1 aliphatic rings. The summed E-state index contributed by atoms with van der Waals surface area (Å²) < 4.78 is 5.18. The maximum atomic E-state index is 12.9. The molecule has 2 aromatic rings. The third kappa shape index (κ3) is 3.75. The van der Waals surface area contributed by atoms with Gasteiger partial charge in [-0.1, -0.05) is 13.3 Å². The summed E-state index contributed by atoms with van der Waals surface area (Å²) in [4.78, 5) is 17.1. The van der Waals surface area contributed by atoms with E-state index in [1.165, 1.54) is 0 Å². The highest BCUT2D eigenvalue weighted by molar-refractivity contribution is 5.93. The Kier molecular flexibility index (Phi) is 5.61. The van der Waals surface area contributed by atoms with E-state index < -0.39 is 0 Å². The van der Waals surface area contributed by atoms with E-state index in [-0.39, 0.29) is 5.91 Å². The van der Waals surface area contributed by atoms with E-state index in [0.717, 1.165) is 42.9 Å². The quantitative estimate of drug-likeness (QED) is 0.864. The minimum Gasteiger partial charge on any atom is -0.497 e. The number of aromatic nitrogens is 2. The Labute approximate surface area is 155 Å². The van der Waals surface area contributed by atoms with E-state index in [9.17, 15) is 4.79 Å². The van der Waals surface area contributed by atoms with Gasteiger partial charge in [-0.05, 0) is 56.8 Å². The number of likely N-dealkylation sites (N-methyl/N-ethyl adjacent to an activating group) is 1. The van der Waals surface area contributed by atoms with E-state index in [1.54, 1.807) is 7.11 Å². The highest BCUT2D eigenvalue weighted by Crippen LogP contribution is 2.27. The van der Waals surface area contributed by atoms with Crippen molar-refractivity contribution in [2.45, 2.75) is 25.8 Å². The molecule has 0 bridgehead atoms. The summed E-state index contributed by atoms with van der Waals surface area (Å²) in [5, 5.41) is 7.23. The van der Waals surface area contributed by atoms with Crippen LogP contribution in [0.2, 0.25) is 0 Å². The molecule has 140 valence electrons. The third-order valence-corrected chi connectivity index (χ3v) is 5.21. The van der Waals surface area contributed by atoms with Crippen LogP contribution in [0, 0.1) is 5.92 Å². The number of H-pyrrole nitrogens is 1. The molecule has 1 N–H and O–H groups in total. The first-order valence-corrected chi connectivity index (χ1v) is 9.19. The average Bonchev–Trinajstić information content (AvgIpc) is 3.29. The summed E-state index contributed by atoms with van der Waals surface area (Å²) in [5.74, 6) is 1.36. The van der Waals surface area contributed by atoms with Crippen molar-refractivity contribution >= 4 is 5.91 Å². The lowest BCUT2D eigenvalue weighted by Crippen LogP contribution is -2.36. The molecule has 0 aliphatic carbocycles. The zero-order valence-electron chi connectivity index (χ0n) is 16.0. The molecule has 1 aromatic carbocycles. The monoisotopic (exact) mass is 356 g/mol. The standard InChI is InChI=1S/C20H28N4O2/c1-5-6-15-12-24(13-19(15)23(2)3)20(25)18-11-17(21-22-18)14-7-9-16(26-4)10-8-14/h7-11,15,19H,5-6,12-13H2,1-4H3,(H,21,22)/t15-,19-/m1/s1. The molecule has 6 heteroatoms. The molecule has 6 nitrogen and oxygen atoms in total. The molecule has 0 saturated carbocycles. The van der Waals surface area contributed by atoms with Crippen LogP contribution in [-0.4, -0.2) is 66.2 Å². The normalized spacial score (nSPS) is 20.0. The number of amides is 1. The van der Waals surface area contributed by atoms with E-state index in [2.05, 4.69) is 36.1 Å². The molecule has 1 aliphatic heterocycles. The van der Waals surface area contributed by atoms with Crippen molar-refractivity contribution in [2.75, 3.05) is 34.3 Å². The fourth-order valence-corrected chi connectivity index (χ4v) is 3.77. The predicted molar refractivity (Wildman–Crippen MR) is 102 cm³/mol. The van der Waals surface area contributed by atoms with Gasteiger partial charge < -0.3 is 14.5 Å². The van der Waals surface area contributed by atoms with Crippen LogP contribution < -0.4 is 4.74 Å². The lowest BCUT2D eigenvalue weighted by molar-refractivity contribution is 0.0775. The topological polar surface area (TPSA) is 61.5 Å². The van der Waals surface area contributed by atoms with Gasteiger partial charge in [-0.3, -0.25) is 9.89 Å². The van der Waals surface area contributed by atoms with Gasteiger partial charge in [0.05, 0.1) is 12.8 Å². The summed E-state index contributed by atoms with van der Waals surface area (Å²) in [5.41, 5.74) is 2.27. The molecular weight excluding hydrogens is 328 g/mol. The third-order valence-electron chi connectivity index (χ3n) is 5.21. The Bertz CT molecular complexity index is 739. The molecule has 0 radical (unpaired) electrons. The minimum atomic E-state index is 0.0303. The highest BCUT2D eigenvalue weighted by atomic mass is 16.5. The van der Waals surface area contributed by atoms with Crippen LogP contribution in [-0.2, 0) is 0 Å². The van der Waals surface area contributed by atoms with Crippen molar-refractivity contribution in [3.63, 3.8) is 0 Å². The first-order chi connectivity index (χ1) is 12.5. The Balaban J connectivity index is 1.73. The van der Waals surface area contributed by atoms with Gasteiger partial charge in [-0.2, -0.15) is 5.10 Å². The van der Waals surface area contributed by atoms with Gasteiger partial charge in [0.1, 0.15) is 11.4 Å². The number of nitrogens with zero attached hydrogens (tertiary/aromatic N) is 3. The molecule has 1 fully saturated rings. The SMILES string of the molecule is CCC[C@@H]1CN(C(=O)c2cc(-c3ccc(OC)cc3)n[nH]2)C[C@H]1N(C)C. The van der Waals surface area contributed by atoms with Crippen LogP contribution in [0.1, 0.15) is 30.3 Å². The number of hydrogen-bond acceptors (Lipinski definition) is 4. The first kappa shape index (κ1) is 18.5. The van der Waals surface area contributed by atoms with Crippen LogP contribution >= 0.6 is 0 Å². The van der Waals surface area contributed by atoms with Gasteiger partial charge >= 0.3 is 0 Å². The van der Waals surface area contributed by atoms with E-state index in [1.807, 2.05) is 35.2 Å². The van der Waals surface area contributed by atoms with Crippen molar-refractivity contribution < 1.29 is 9.53 Å². The molecule has 3 rings (SSSR count). The second-order valence-corrected chi connectivity index (χ2v) is 7.19. The zero-order valence-corrected chi connectivity index (χ0v) is 16.0. The molecule has 1 amide bonds. The number of methoxy groups -OCH3 is 1. The molecule has 2 atom stereocenters. The average molecular weight is 356 g/mol. The fraction of sp³-hybridized carbons (Fsp3) is 0.500. The fourth-order valence-electron chi connectivity index (χ4n) is 3.77.